The molecule has 2 amide bonds. The van der Waals surface area contributed by atoms with E-state index >= 15 is 0 Å². The van der Waals surface area contributed by atoms with Gasteiger partial charge >= 0.3 is 0 Å². The van der Waals surface area contributed by atoms with E-state index in [0.29, 0.717) is 12.3 Å². The van der Waals surface area contributed by atoms with Crippen molar-refractivity contribution in [3.05, 3.63) is 29.8 Å². The molecular weight excluding hydrogens is 262 g/mol. The van der Waals surface area contributed by atoms with Crippen molar-refractivity contribution < 1.29 is 18.4 Å². The standard InChI is InChI=1S/C11H10F2N2O2S/c12-7-1-2-8(13)9(5-7)14-10(16)6-15-3-4-18-11(15)17/h1-2,5H,3-4,6H2,(H,14,16). The second kappa shape index (κ2) is 5.34. The zero-order valence-electron chi connectivity index (χ0n) is 9.28. The summed E-state index contributed by atoms with van der Waals surface area (Å²) in [6.45, 7) is 0.338. The van der Waals surface area contributed by atoms with Crippen molar-refractivity contribution in [2.45, 2.75) is 0 Å². The average molecular weight is 272 g/mol. The molecule has 0 unspecified atom stereocenters. The Morgan fingerprint density at radius 3 is 2.89 bits per heavy atom. The highest BCUT2D eigenvalue weighted by molar-refractivity contribution is 8.13. The first-order chi connectivity index (χ1) is 8.56. The normalized spacial score (nSPS) is 15.0. The molecule has 1 aliphatic rings. The summed E-state index contributed by atoms with van der Waals surface area (Å²) in [6, 6.07) is 2.79. The summed E-state index contributed by atoms with van der Waals surface area (Å²) >= 11 is 1.13. The van der Waals surface area contributed by atoms with E-state index in [9.17, 15) is 18.4 Å². The van der Waals surface area contributed by atoms with Gasteiger partial charge in [0.1, 0.15) is 18.2 Å². The van der Waals surface area contributed by atoms with Crippen LogP contribution in [-0.2, 0) is 4.79 Å². The molecule has 0 radical (unpaired) electrons. The van der Waals surface area contributed by atoms with Crippen LogP contribution in [0, 0.1) is 11.6 Å². The lowest BCUT2D eigenvalue weighted by Gasteiger charge is -2.14. The van der Waals surface area contributed by atoms with Gasteiger partial charge in [0.2, 0.25) is 5.91 Å². The number of nitrogens with one attached hydrogen (secondary N) is 1. The maximum Gasteiger partial charge on any atom is 0.282 e. The topological polar surface area (TPSA) is 49.4 Å². The van der Waals surface area contributed by atoms with Crippen LogP contribution in [0.15, 0.2) is 18.2 Å². The van der Waals surface area contributed by atoms with Crippen LogP contribution in [0.3, 0.4) is 0 Å². The molecule has 4 nitrogen and oxygen atoms in total. The van der Waals surface area contributed by atoms with E-state index in [1.165, 1.54) is 4.90 Å². The first kappa shape index (κ1) is 12.8. The van der Waals surface area contributed by atoms with Gasteiger partial charge in [0, 0.05) is 18.4 Å². The molecule has 0 saturated carbocycles. The van der Waals surface area contributed by atoms with Crippen molar-refractivity contribution >= 4 is 28.6 Å². The van der Waals surface area contributed by atoms with Crippen molar-refractivity contribution in [2.75, 3.05) is 24.2 Å². The molecule has 0 atom stereocenters. The average Bonchev–Trinajstić information content (AvgIpc) is 2.70. The summed E-state index contributed by atoms with van der Waals surface area (Å²) in [7, 11) is 0. The number of thioether (sulfide) groups is 1. The van der Waals surface area contributed by atoms with E-state index in [2.05, 4.69) is 5.32 Å². The first-order valence-electron chi connectivity index (χ1n) is 5.23. The van der Waals surface area contributed by atoms with E-state index in [1.54, 1.807) is 0 Å². The fourth-order valence-corrected chi connectivity index (χ4v) is 2.35. The highest BCUT2D eigenvalue weighted by atomic mass is 32.2. The van der Waals surface area contributed by atoms with Gasteiger partial charge in [0.05, 0.1) is 5.69 Å². The molecule has 1 aromatic rings. The van der Waals surface area contributed by atoms with Crippen molar-refractivity contribution in [1.29, 1.82) is 0 Å². The maximum absolute atomic E-state index is 13.3. The molecule has 0 aromatic heterocycles. The first-order valence-corrected chi connectivity index (χ1v) is 6.21. The molecular formula is C11H10F2N2O2S. The number of rotatable bonds is 3. The molecule has 1 aromatic carbocycles. The van der Waals surface area contributed by atoms with Crippen LogP contribution in [-0.4, -0.2) is 34.9 Å². The number of hydrogen-bond donors (Lipinski definition) is 1. The van der Waals surface area contributed by atoms with Gasteiger partial charge in [-0.2, -0.15) is 0 Å². The van der Waals surface area contributed by atoms with E-state index in [4.69, 9.17) is 0 Å². The molecule has 1 aliphatic heterocycles. The molecule has 1 saturated heterocycles. The zero-order valence-corrected chi connectivity index (χ0v) is 10.1. The van der Waals surface area contributed by atoms with Gasteiger partial charge < -0.3 is 10.2 Å². The Labute approximate surface area is 106 Å². The maximum atomic E-state index is 13.3. The Morgan fingerprint density at radius 1 is 1.44 bits per heavy atom. The van der Waals surface area contributed by atoms with Crippen molar-refractivity contribution in [3.8, 4) is 0 Å². The van der Waals surface area contributed by atoms with Crippen molar-refractivity contribution in [2.24, 2.45) is 0 Å². The number of carbonyl (C=O) groups is 2. The number of amides is 2. The van der Waals surface area contributed by atoms with Crippen LogP contribution in [0.1, 0.15) is 0 Å². The summed E-state index contributed by atoms with van der Waals surface area (Å²) in [6.07, 6.45) is 0. The quantitative estimate of drug-likeness (QED) is 0.916. The minimum absolute atomic E-state index is 0.151. The van der Waals surface area contributed by atoms with E-state index in [0.717, 1.165) is 30.0 Å². The number of carbonyl (C=O) groups excluding carboxylic acids is 2. The smallest absolute Gasteiger partial charge is 0.282 e. The fraction of sp³-hybridized carbons (Fsp3) is 0.273. The highest BCUT2D eigenvalue weighted by Crippen LogP contribution is 2.18. The Morgan fingerprint density at radius 2 is 2.22 bits per heavy atom. The van der Waals surface area contributed by atoms with Crippen molar-refractivity contribution in [1.82, 2.24) is 4.90 Å². The largest absolute Gasteiger partial charge is 0.323 e. The molecule has 96 valence electrons. The fourth-order valence-electron chi connectivity index (χ4n) is 1.53. The molecule has 1 heterocycles. The van der Waals surface area contributed by atoms with E-state index in [-0.39, 0.29) is 17.5 Å². The minimum atomic E-state index is -0.716. The van der Waals surface area contributed by atoms with Crippen LogP contribution in [0.5, 0.6) is 0 Å². The Balaban J connectivity index is 1.98. The summed E-state index contributed by atoms with van der Waals surface area (Å²) in [4.78, 5) is 24.2. The summed E-state index contributed by atoms with van der Waals surface area (Å²) < 4.78 is 26.1. The Bertz CT molecular complexity index is 496. The zero-order chi connectivity index (χ0) is 13.1. The molecule has 7 heteroatoms. The summed E-state index contributed by atoms with van der Waals surface area (Å²) in [5.74, 6) is -1.26. The van der Waals surface area contributed by atoms with Crippen LogP contribution in [0.25, 0.3) is 0 Å². The predicted molar refractivity (Wildman–Crippen MR) is 64.4 cm³/mol. The summed E-state index contributed by atoms with van der Waals surface area (Å²) in [5, 5.41) is 2.07. The SMILES string of the molecule is O=C(CN1CCSC1=O)Nc1cc(F)ccc1F. The van der Waals surface area contributed by atoms with E-state index < -0.39 is 17.5 Å². The predicted octanol–water partition coefficient (Wildman–Crippen LogP) is 2.07. The molecule has 18 heavy (non-hydrogen) atoms. The lowest BCUT2D eigenvalue weighted by Crippen LogP contribution is -2.33. The summed E-state index contributed by atoms with van der Waals surface area (Å²) in [5.41, 5.74) is -0.223. The number of benzene rings is 1. The lowest BCUT2D eigenvalue weighted by atomic mass is 10.3. The van der Waals surface area contributed by atoms with Gasteiger partial charge in [0.25, 0.3) is 5.24 Å². The molecule has 1 fully saturated rings. The number of hydrogen-bond acceptors (Lipinski definition) is 3. The lowest BCUT2D eigenvalue weighted by molar-refractivity contribution is -0.116. The Hall–Kier alpha value is -1.63. The number of nitrogens with zero attached hydrogens (tertiary/aromatic N) is 1. The van der Waals surface area contributed by atoms with Crippen LogP contribution in [0.2, 0.25) is 0 Å². The monoisotopic (exact) mass is 272 g/mol. The third-order valence-electron chi connectivity index (χ3n) is 2.38. The van der Waals surface area contributed by atoms with Gasteiger partial charge in [-0.3, -0.25) is 9.59 Å². The highest BCUT2D eigenvalue weighted by Gasteiger charge is 2.23. The van der Waals surface area contributed by atoms with Gasteiger partial charge in [-0.05, 0) is 12.1 Å². The molecule has 0 bridgehead atoms. The minimum Gasteiger partial charge on any atom is -0.323 e. The molecule has 0 spiro atoms. The second-order valence-corrected chi connectivity index (χ2v) is 4.75. The van der Waals surface area contributed by atoms with Gasteiger partial charge in [0.15, 0.2) is 0 Å². The molecule has 2 rings (SSSR count). The molecule has 1 N–H and O–H groups in total. The molecule has 0 aliphatic carbocycles. The third kappa shape index (κ3) is 2.98. The van der Waals surface area contributed by atoms with Gasteiger partial charge in [-0.1, -0.05) is 11.8 Å². The van der Waals surface area contributed by atoms with Crippen LogP contribution in [0.4, 0.5) is 19.3 Å². The van der Waals surface area contributed by atoms with Crippen LogP contribution < -0.4 is 5.32 Å². The second-order valence-electron chi connectivity index (χ2n) is 3.71. The van der Waals surface area contributed by atoms with Crippen LogP contribution >= 0.6 is 11.8 Å². The Kier molecular flexibility index (Phi) is 3.81. The third-order valence-corrected chi connectivity index (χ3v) is 3.27. The number of anilines is 1. The van der Waals surface area contributed by atoms with Gasteiger partial charge in [-0.15, -0.1) is 0 Å². The van der Waals surface area contributed by atoms with Gasteiger partial charge in [-0.25, -0.2) is 8.78 Å². The van der Waals surface area contributed by atoms with Crippen molar-refractivity contribution in [3.63, 3.8) is 0 Å². The number of halogens is 2. The van der Waals surface area contributed by atoms with E-state index in [1.807, 2.05) is 0 Å².